The second-order valence-electron chi connectivity index (χ2n) is 5.86. The molecule has 7 nitrogen and oxygen atoms in total. The van der Waals surface area contributed by atoms with Gasteiger partial charge in [-0.2, -0.15) is 0 Å². The number of carbonyl (C=O) groups excluding carboxylic acids is 2. The Balaban J connectivity index is 1.76. The Hall–Kier alpha value is -2.54. The molecule has 0 aliphatic carbocycles. The lowest BCUT2D eigenvalue weighted by Crippen LogP contribution is -2.42. The summed E-state index contributed by atoms with van der Waals surface area (Å²) in [5, 5.41) is 9.58. The van der Waals surface area contributed by atoms with Crippen LogP contribution in [0.2, 0.25) is 0 Å². The molecular formula is C16H19N3O4. The summed E-state index contributed by atoms with van der Waals surface area (Å²) in [5.41, 5.74) is 2.79. The van der Waals surface area contributed by atoms with Crippen molar-refractivity contribution in [1.29, 1.82) is 0 Å². The van der Waals surface area contributed by atoms with Crippen molar-refractivity contribution in [2.45, 2.75) is 26.2 Å². The number of rotatable bonds is 2. The fourth-order valence-electron chi connectivity index (χ4n) is 2.43. The summed E-state index contributed by atoms with van der Waals surface area (Å²) >= 11 is 0. The van der Waals surface area contributed by atoms with Gasteiger partial charge in [-0.25, -0.2) is 9.59 Å². The van der Waals surface area contributed by atoms with Gasteiger partial charge in [0, 0.05) is 51.1 Å². The fourth-order valence-corrected chi connectivity index (χ4v) is 2.43. The minimum Gasteiger partial charge on any atom is -0.419 e. The van der Waals surface area contributed by atoms with Crippen LogP contribution in [-0.4, -0.2) is 30.8 Å². The van der Waals surface area contributed by atoms with Gasteiger partial charge in [0.25, 0.3) is 5.79 Å². The number of hydrogen-bond donors (Lipinski definition) is 3. The molecule has 0 spiro atoms. The molecule has 1 fully saturated rings. The average Bonchev–Trinajstić information content (AvgIpc) is 2.69. The van der Waals surface area contributed by atoms with Crippen LogP contribution in [0.3, 0.4) is 0 Å². The standard InChI is InChI=1S/C16H19N3O4/c1-16(2)22-14(20)12(15(21)23-16)9-19-11-4-3-10-8-17-5-6-18-13(10)7-11/h3-4,7,9,17-19H,5-6,8H2,1-2H3. The first-order chi connectivity index (χ1) is 10.9. The summed E-state index contributed by atoms with van der Waals surface area (Å²) in [4.78, 5) is 23.7. The number of ether oxygens (including phenoxy) is 2. The molecule has 1 saturated heterocycles. The molecule has 2 aliphatic heterocycles. The van der Waals surface area contributed by atoms with Crippen molar-refractivity contribution in [1.82, 2.24) is 5.32 Å². The lowest BCUT2D eigenvalue weighted by atomic mass is 10.1. The summed E-state index contributed by atoms with van der Waals surface area (Å²) < 4.78 is 10.1. The van der Waals surface area contributed by atoms with E-state index in [0.717, 1.165) is 31.0 Å². The van der Waals surface area contributed by atoms with E-state index in [1.54, 1.807) is 0 Å². The highest BCUT2D eigenvalue weighted by molar-refractivity contribution is 6.15. The van der Waals surface area contributed by atoms with E-state index in [0.29, 0.717) is 0 Å². The number of fused-ring (bicyclic) bond motifs is 1. The molecule has 23 heavy (non-hydrogen) atoms. The molecular weight excluding hydrogens is 298 g/mol. The molecule has 122 valence electrons. The molecule has 0 saturated carbocycles. The van der Waals surface area contributed by atoms with Crippen LogP contribution in [0.25, 0.3) is 0 Å². The van der Waals surface area contributed by atoms with Crippen LogP contribution in [0.15, 0.2) is 30.0 Å². The zero-order valence-electron chi connectivity index (χ0n) is 13.1. The predicted molar refractivity (Wildman–Crippen MR) is 84.6 cm³/mol. The van der Waals surface area contributed by atoms with Crippen LogP contribution in [0.1, 0.15) is 19.4 Å². The van der Waals surface area contributed by atoms with Crippen LogP contribution in [0.4, 0.5) is 11.4 Å². The lowest BCUT2D eigenvalue weighted by Gasteiger charge is -2.29. The first kappa shape index (κ1) is 15.4. The number of hydrogen-bond acceptors (Lipinski definition) is 7. The third-order valence-electron chi connectivity index (χ3n) is 3.54. The van der Waals surface area contributed by atoms with E-state index in [9.17, 15) is 9.59 Å². The van der Waals surface area contributed by atoms with Crippen LogP contribution in [-0.2, 0) is 25.6 Å². The van der Waals surface area contributed by atoms with Crippen LogP contribution in [0, 0.1) is 0 Å². The maximum Gasteiger partial charge on any atom is 0.350 e. The topological polar surface area (TPSA) is 88.7 Å². The van der Waals surface area contributed by atoms with E-state index in [1.807, 2.05) is 18.2 Å². The number of benzene rings is 1. The first-order valence-corrected chi connectivity index (χ1v) is 7.45. The van der Waals surface area contributed by atoms with Gasteiger partial charge >= 0.3 is 11.9 Å². The molecule has 3 rings (SSSR count). The van der Waals surface area contributed by atoms with E-state index < -0.39 is 17.7 Å². The van der Waals surface area contributed by atoms with Crippen molar-refractivity contribution >= 4 is 23.3 Å². The molecule has 3 N–H and O–H groups in total. The lowest BCUT2D eigenvalue weighted by molar-refractivity contribution is -0.222. The molecule has 0 unspecified atom stereocenters. The summed E-state index contributed by atoms with van der Waals surface area (Å²) in [6.45, 7) is 5.57. The highest BCUT2D eigenvalue weighted by Crippen LogP contribution is 2.24. The van der Waals surface area contributed by atoms with E-state index in [4.69, 9.17) is 9.47 Å². The minimum absolute atomic E-state index is 0.158. The summed E-state index contributed by atoms with van der Waals surface area (Å²) in [5.74, 6) is -2.63. The maximum atomic E-state index is 11.9. The fraction of sp³-hybridized carbons (Fsp3) is 0.375. The molecule has 7 heteroatoms. The van der Waals surface area contributed by atoms with Crippen LogP contribution in [0.5, 0.6) is 0 Å². The third kappa shape index (κ3) is 3.45. The van der Waals surface area contributed by atoms with Crippen molar-refractivity contribution < 1.29 is 19.1 Å². The van der Waals surface area contributed by atoms with E-state index in [-0.39, 0.29) is 5.57 Å². The summed E-state index contributed by atoms with van der Waals surface area (Å²) in [6.07, 6.45) is 1.32. The van der Waals surface area contributed by atoms with Crippen molar-refractivity contribution in [2.24, 2.45) is 0 Å². The van der Waals surface area contributed by atoms with Crippen molar-refractivity contribution in [3.8, 4) is 0 Å². The van der Waals surface area contributed by atoms with Gasteiger partial charge in [-0.1, -0.05) is 6.07 Å². The van der Waals surface area contributed by atoms with Crippen molar-refractivity contribution in [3.05, 3.63) is 35.5 Å². The number of esters is 2. The molecule has 2 aliphatic rings. The molecule has 1 aromatic rings. The van der Waals surface area contributed by atoms with Gasteiger partial charge in [-0.05, 0) is 17.7 Å². The molecule has 1 aromatic carbocycles. The van der Waals surface area contributed by atoms with Gasteiger partial charge in [-0.15, -0.1) is 0 Å². The Kier molecular flexibility index (Phi) is 3.96. The highest BCUT2D eigenvalue weighted by atomic mass is 16.7. The third-order valence-corrected chi connectivity index (χ3v) is 3.54. The Morgan fingerprint density at radius 2 is 1.91 bits per heavy atom. The van der Waals surface area contributed by atoms with Gasteiger partial charge in [0.2, 0.25) is 0 Å². The molecule has 2 heterocycles. The first-order valence-electron chi connectivity index (χ1n) is 7.45. The predicted octanol–water partition coefficient (Wildman–Crippen LogP) is 1.33. The van der Waals surface area contributed by atoms with Gasteiger partial charge in [-0.3, -0.25) is 0 Å². The normalized spacial score (nSPS) is 19.7. The van der Waals surface area contributed by atoms with E-state index >= 15 is 0 Å². The monoisotopic (exact) mass is 317 g/mol. The van der Waals surface area contributed by atoms with E-state index in [1.165, 1.54) is 25.6 Å². The molecule has 0 aromatic heterocycles. The van der Waals surface area contributed by atoms with Crippen LogP contribution >= 0.6 is 0 Å². The zero-order valence-corrected chi connectivity index (χ0v) is 13.1. The van der Waals surface area contributed by atoms with Gasteiger partial charge in [0.1, 0.15) is 0 Å². The molecule has 0 atom stereocenters. The van der Waals surface area contributed by atoms with Gasteiger partial charge < -0.3 is 25.4 Å². The van der Waals surface area contributed by atoms with Crippen LogP contribution < -0.4 is 16.0 Å². The van der Waals surface area contributed by atoms with Crippen molar-refractivity contribution in [2.75, 3.05) is 23.7 Å². The quantitative estimate of drug-likeness (QED) is 0.431. The summed E-state index contributed by atoms with van der Waals surface area (Å²) in [7, 11) is 0. The Labute approximate surface area is 134 Å². The van der Waals surface area contributed by atoms with Crippen molar-refractivity contribution in [3.63, 3.8) is 0 Å². The SMILES string of the molecule is CC1(C)OC(=O)C(=CNc2ccc3c(c2)NCCNC3)C(=O)O1. The zero-order chi connectivity index (χ0) is 16.4. The Morgan fingerprint density at radius 1 is 1.17 bits per heavy atom. The van der Waals surface area contributed by atoms with Gasteiger partial charge in [0.05, 0.1) is 0 Å². The second kappa shape index (κ2) is 5.92. The largest absolute Gasteiger partial charge is 0.419 e. The molecule has 0 radical (unpaired) electrons. The molecule has 0 bridgehead atoms. The Morgan fingerprint density at radius 3 is 2.65 bits per heavy atom. The number of anilines is 2. The second-order valence-corrected chi connectivity index (χ2v) is 5.86. The average molecular weight is 317 g/mol. The number of cyclic esters (lactones) is 2. The molecule has 0 amide bonds. The summed E-state index contributed by atoms with van der Waals surface area (Å²) in [6, 6.07) is 5.80. The minimum atomic E-state index is -1.23. The van der Waals surface area contributed by atoms with E-state index in [2.05, 4.69) is 16.0 Å². The number of nitrogens with one attached hydrogen (secondary N) is 3. The maximum absolute atomic E-state index is 11.9. The number of carbonyl (C=O) groups is 2. The Bertz CT molecular complexity index is 660. The highest BCUT2D eigenvalue weighted by Gasteiger charge is 2.38. The van der Waals surface area contributed by atoms with Gasteiger partial charge in [0.15, 0.2) is 5.57 Å². The smallest absolute Gasteiger partial charge is 0.350 e.